The van der Waals surface area contributed by atoms with Crippen molar-refractivity contribution in [3.05, 3.63) is 53.8 Å². The maximum atomic E-state index is 5.49. The van der Waals surface area contributed by atoms with E-state index >= 15 is 0 Å². The smallest absolute Gasteiger partial charge is 0.195 e. The van der Waals surface area contributed by atoms with Crippen molar-refractivity contribution >= 4 is 12.1 Å². The van der Waals surface area contributed by atoms with Gasteiger partial charge in [0, 0.05) is 20.2 Å². The van der Waals surface area contributed by atoms with Gasteiger partial charge in [-0.1, -0.05) is 35.5 Å². The van der Waals surface area contributed by atoms with Crippen LogP contribution in [0.5, 0.6) is 0 Å². The maximum Gasteiger partial charge on any atom is 0.195 e. The predicted molar refractivity (Wildman–Crippen MR) is 71.9 cm³/mol. The highest BCUT2D eigenvalue weighted by Gasteiger charge is 2.00. The highest BCUT2D eigenvalue weighted by molar-refractivity contribution is 5.76. The van der Waals surface area contributed by atoms with Crippen LogP contribution in [0.1, 0.15) is 11.3 Å². The summed E-state index contributed by atoms with van der Waals surface area (Å²) in [6, 6.07) is 13.6. The molecule has 0 aliphatic rings. The maximum absolute atomic E-state index is 5.49. The molecule has 0 saturated carbocycles. The third kappa shape index (κ3) is 3.38. The number of rotatable bonds is 5. The Morgan fingerprint density at radius 1 is 1.17 bits per heavy atom. The van der Waals surface area contributed by atoms with Crippen LogP contribution in [-0.4, -0.2) is 20.3 Å². The molecule has 0 saturated heterocycles. The molecule has 4 nitrogen and oxygen atoms in total. The lowest BCUT2D eigenvalue weighted by Crippen LogP contribution is -2.06. The zero-order valence-electron chi connectivity index (χ0n) is 10.5. The lowest BCUT2D eigenvalue weighted by Gasteiger charge is -2.05. The van der Waals surface area contributed by atoms with Crippen LogP contribution in [0, 0.1) is 0 Å². The minimum absolute atomic E-state index is 0.457. The predicted octanol–water partition coefficient (Wildman–Crippen LogP) is 2.90. The van der Waals surface area contributed by atoms with Crippen molar-refractivity contribution in [1.29, 1.82) is 0 Å². The van der Waals surface area contributed by atoms with Gasteiger partial charge < -0.3 is 14.2 Å². The molecule has 0 aliphatic heterocycles. The van der Waals surface area contributed by atoms with Crippen LogP contribution in [0.3, 0.4) is 0 Å². The second-order valence-electron chi connectivity index (χ2n) is 4.06. The molecule has 1 heterocycles. The van der Waals surface area contributed by atoms with Gasteiger partial charge in [0.1, 0.15) is 12.8 Å². The third-order valence-electron chi connectivity index (χ3n) is 2.38. The monoisotopic (exact) mass is 244 g/mol. The zero-order valence-corrected chi connectivity index (χ0v) is 10.5. The van der Waals surface area contributed by atoms with Crippen LogP contribution >= 0.6 is 0 Å². The van der Waals surface area contributed by atoms with Crippen molar-refractivity contribution < 1.29 is 9.25 Å². The highest BCUT2D eigenvalue weighted by Crippen LogP contribution is 2.14. The number of hydrogen-bond acceptors (Lipinski definition) is 4. The molecule has 94 valence electrons. The van der Waals surface area contributed by atoms with E-state index in [1.807, 2.05) is 61.5 Å². The molecule has 0 amide bonds. The summed E-state index contributed by atoms with van der Waals surface area (Å²) in [6.45, 7) is 0.457. The summed E-state index contributed by atoms with van der Waals surface area (Å²) in [4.78, 5) is 7.08. The summed E-state index contributed by atoms with van der Waals surface area (Å²) in [7, 11) is 3.84. The van der Waals surface area contributed by atoms with Gasteiger partial charge in [-0.2, -0.15) is 0 Å². The van der Waals surface area contributed by atoms with Crippen LogP contribution in [-0.2, 0) is 11.4 Å². The number of anilines is 1. The SMILES string of the molecule is CN(C)c1ccc(/C=N/OCc2ccccc2)o1. The fourth-order valence-corrected chi connectivity index (χ4v) is 1.43. The normalized spacial score (nSPS) is 10.8. The van der Waals surface area contributed by atoms with Gasteiger partial charge in [-0.15, -0.1) is 0 Å². The Balaban J connectivity index is 1.84. The summed E-state index contributed by atoms with van der Waals surface area (Å²) in [6.07, 6.45) is 1.57. The van der Waals surface area contributed by atoms with E-state index < -0.39 is 0 Å². The van der Waals surface area contributed by atoms with Crippen LogP contribution in [0.2, 0.25) is 0 Å². The molecule has 2 aromatic rings. The lowest BCUT2D eigenvalue weighted by atomic mass is 10.2. The Morgan fingerprint density at radius 2 is 1.94 bits per heavy atom. The molecule has 4 heteroatoms. The molecule has 2 rings (SSSR count). The highest BCUT2D eigenvalue weighted by atomic mass is 16.6. The second-order valence-corrected chi connectivity index (χ2v) is 4.06. The first-order valence-electron chi connectivity index (χ1n) is 5.72. The standard InChI is InChI=1S/C14H16N2O2/c1-16(2)14-9-8-13(18-14)10-15-17-11-12-6-4-3-5-7-12/h3-10H,11H2,1-2H3/b15-10+. The molecule has 1 aromatic heterocycles. The third-order valence-corrected chi connectivity index (χ3v) is 2.38. The average molecular weight is 244 g/mol. The average Bonchev–Trinajstić information content (AvgIpc) is 2.85. The Labute approximate surface area is 106 Å². The molecular weight excluding hydrogens is 228 g/mol. The quantitative estimate of drug-likeness (QED) is 0.599. The summed E-state index contributed by atoms with van der Waals surface area (Å²) in [5.41, 5.74) is 1.09. The van der Waals surface area contributed by atoms with Crippen molar-refractivity contribution in [2.24, 2.45) is 5.16 Å². The van der Waals surface area contributed by atoms with Crippen molar-refractivity contribution in [2.45, 2.75) is 6.61 Å². The first kappa shape index (κ1) is 12.2. The van der Waals surface area contributed by atoms with Gasteiger partial charge in [-0.25, -0.2) is 0 Å². The van der Waals surface area contributed by atoms with E-state index in [9.17, 15) is 0 Å². The number of nitrogens with zero attached hydrogens (tertiary/aromatic N) is 2. The molecule has 0 radical (unpaired) electrons. The fourth-order valence-electron chi connectivity index (χ4n) is 1.43. The molecule has 0 fully saturated rings. The molecule has 0 spiro atoms. The molecule has 0 N–H and O–H groups in total. The first-order valence-corrected chi connectivity index (χ1v) is 5.72. The Morgan fingerprint density at radius 3 is 2.61 bits per heavy atom. The van der Waals surface area contributed by atoms with E-state index in [1.54, 1.807) is 6.21 Å². The molecule has 0 atom stereocenters. The van der Waals surface area contributed by atoms with E-state index in [0.717, 1.165) is 11.4 Å². The van der Waals surface area contributed by atoms with Crippen LogP contribution in [0.15, 0.2) is 52.0 Å². The molecular formula is C14H16N2O2. The minimum Gasteiger partial charge on any atom is -0.439 e. The molecule has 0 bridgehead atoms. The van der Waals surface area contributed by atoms with Crippen molar-refractivity contribution in [3.8, 4) is 0 Å². The van der Waals surface area contributed by atoms with Crippen molar-refractivity contribution in [2.75, 3.05) is 19.0 Å². The van der Waals surface area contributed by atoms with Gasteiger partial charge in [-0.05, 0) is 11.6 Å². The van der Waals surface area contributed by atoms with Gasteiger partial charge in [0.2, 0.25) is 0 Å². The topological polar surface area (TPSA) is 38.0 Å². The van der Waals surface area contributed by atoms with Crippen molar-refractivity contribution in [3.63, 3.8) is 0 Å². The van der Waals surface area contributed by atoms with E-state index in [0.29, 0.717) is 12.4 Å². The molecule has 0 aliphatic carbocycles. The Bertz CT molecular complexity index is 504. The first-order chi connectivity index (χ1) is 8.75. The van der Waals surface area contributed by atoms with E-state index in [-0.39, 0.29) is 0 Å². The van der Waals surface area contributed by atoms with Gasteiger partial charge in [0.25, 0.3) is 0 Å². The van der Waals surface area contributed by atoms with Gasteiger partial charge in [0.05, 0.1) is 0 Å². The van der Waals surface area contributed by atoms with E-state index in [1.165, 1.54) is 0 Å². The summed E-state index contributed by atoms with van der Waals surface area (Å²) in [5.74, 6) is 1.46. The summed E-state index contributed by atoms with van der Waals surface area (Å²) < 4.78 is 5.49. The number of hydrogen-bond donors (Lipinski definition) is 0. The van der Waals surface area contributed by atoms with Gasteiger partial charge in [-0.3, -0.25) is 0 Å². The van der Waals surface area contributed by atoms with E-state index in [2.05, 4.69) is 5.16 Å². The number of oxime groups is 1. The fraction of sp³-hybridized carbons (Fsp3) is 0.214. The molecule has 18 heavy (non-hydrogen) atoms. The van der Waals surface area contributed by atoms with Crippen LogP contribution in [0.4, 0.5) is 5.88 Å². The van der Waals surface area contributed by atoms with Gasteiger partial charge >= 0.3 is 0 Å². The Kier molecular flexibility index (Phi) is 4.02. The van der Waals surface area contributed by atoms with Gasteiger partial charge in [0.15, 0.2) is 11.6 Å². The second kappa shape index (κ2) is 5.91. The van der Waals surface area contributed by atoms with Crippen LogP contribution < -0.4 is 4.90 Å². The molecule has 1 aromatic carbocycles. The van der Waals surface area contributed by atoms with Crippen molar-refractivity contribution in [1.82, 2.24) is 0 Å². The summed E-state index contributed by atoms with van der Waals surface area (Å²) in [5, 5.41) is 3.87. The largest absolute Gasteiger partial charge is 0.439 e. The lowest BCUT2D eigenvalue weighted by molar-refractivity contribution is 0.132. The summed E-state index contributed by atoms with van der Waals surface area (Å²) >= 11 is 0. The number of furan rings is 1. The number of benzene rings is 1. The minimum atomic E-state index is 0.457. The molecule has 0 unspecified atom stereocenters. The van der Waals surface area contributed by atoms with Crippen LogP contribution in [0.25, 0.3) is 0 Å². The Hall–Kier alpha value is -2.23. The zero-order chi connectivity index (χ0) is 12.8. The van der Waals surface area contributed by atoms with E-state index in [4.69, 9.17) is 9.25 Å².